The van der Waals surface area contributed by atoms with Crippen molar-refractivity contribution in [2.75, 3.05) is 5.73 Å². The minimum Gasteiger partial charge on any atom is -0.457 e. The zero-order valence-corrected chi connectivity index (χ0v) is 11.3. The Balaban J connectivity index is 2.15. The lowest BCUT2D eigenvalue weighted by atomic mass is 10.1. The summed E-state index contributed by atoms with van der Waals surface area (Å²) in [5.41, 5.74) is 4.85. The predicted molar refractivity (Wildman–Crippen MR) is 71.3 cm³/mol. The molecule has 0 bridgehead atoms. The van der Waals surface area contributed by atoms with E-state index in [0.29, 0.717) is 12.1 Å². The van der Waals surface area contributed by atoms with Gasteiger partial charge in [-0.15, -0.1) is 0 Å². The number of esters is 1. The summed E-state index contributed by atoms with van der Waals surface area (Å²) in [6, 6.07) is 5.05. The highest BCUT2D eigenvalue weighted by Crippen LogP contribution is 2.20. The Kier molecular flexibility index (Phi) is 4.37. The molecule has 0 atom stereocenters. The van der Waals surface area contributed by atoms with Crippen LogP contribution in [-0.2, 0) is 11.3 Å². The van der Waals surface area contributed by atoms with Crippen molar-refractivity contribution in [3.63, 3.8) is 0 Å². The molecule has 0 saturated carbocycles. The molecule has 3 nitrogen and oxygen atoms in total. The normalized spacial score (nSPS) is 10.5. The van der Waals surface area contributed by atoms with Gasteiger partial charge in [0.05, 0.1) is 5.56 Å². The van der Waals surface area contributed by atoms with Gasteiger partial charge in [0.15, 0.2) is 11.6 Å². The van der Waals surface area contributed by atoms with E-state index in [-0.39, 0.29) is 21.8 Å². The van der Waals surface area contributed by atoms with Gasteiger partial charge < -0.3 is 10.5 Å². The average molecular weight is 316 g/mol. The maximum atomic E-state index is 13.4. The summed E-state index contributed by atoms with van der Waals surface area (Å²) in [5, 5.41) is 0.273. The molecule has 0 aliphatic heterocycles. The Morgan fingerprint density at radius 3 is 2.48 bits per heavy atom. The fourth-order valence-corrected chi connectivity index (χ4v) is 1.81. The number of ether oxygens (including phenoxy) is 1. The molecule has 110 valence electrons. The molecule has 0 amide bonds. The molecule has 21 heavy (non-hydrogen) atoms. The van der Waals surface area contributed by atoms with Gasteiger partial charge in [-0.1, -0.05) is 11.6 Å². The summed E-state index contributed by atoms with van der Waals surface area (Å²) >= 11 is 5.69. The predicted octanol–water partition coefficient (Wildman–Crippen LogP) is 3.70. The second-order valence-corrected chi connectivity index (χ2v) is 4.60. The number of anilines is 1. The number of halogens is 4. The molecule has 0 heterocycles. The molecule has 0 fully saturated rings. The SMILES string of the molecule is Nc1cc(F)c(F)cc1C(=O)OCc1cc(Cl)ccc1F. The number of nitrogen functional groups attached to an aromatic ring is 1. The van der Waals surface area contributed by atoms with E-state index in [4.69, 9.17) is 22.1 Å². The number of rotatable bonds is 3. The van der Waals surface area contributed by atoms with Crippen LogP contribution in [0.4, 0.5) is 18.9 Å². The van der Waals surface area contributed by atoms with E-state index in [1.54, 1.807) is 0 Å². The van der Waals surface area contributed by atoms with Crippen LogP contribution in [0.15, 0.2) is 30.3 Å². The first kappa shape index (κ1) is 15.2. The van der Waals surface area contributed by atoms with Gasteiger partial charge in [0.1, 0.15) is 12.4 Å². The van der Waals surface area contributed by atoms with E-state index < -0.39 is 30.0 Å². The molecule has 0 spiro atoms. The summed E-state index contributed by atoms with van der Waals surface area (Å²) in [5.74, 6) is -4.01. The molecule has 0 aromatic heterocycles. The first-order valence-corrected chi connectivity index (χ1v) is 6.12. The highest BCUT2D eigenvalue weighted by atomic mass is 35.5. The lowest BCUT2D eigenvalue weighted by Crippen LogP contribution is -2.10. The van der Waals surface area contributed by atoms with Gasteiger partial charge in [-0.2, -0.15) is 0 Å². The monoisotopic (exact) mass is 315 g/mol. The van der Waals surface area contributed by atoms with Gasteiger partial charge in [-0.3, -0.25) is 0 Å². The third-order valence-electron chi connectivity index (χ3n) is 2.68. The van der Waals surface area contributed by atoms with Crippen molar-refractivity contribution in [3.8, 4) is 0 Å². The van der Waals surface area contributed by atoms with Crippen LogP contribution >= 0.6 is 11.6 Å². The van der Waals surface area contributed by atoms with Crippen LogP contribution < -0.4 is 5.73 Å². The van der Waals surface area contributed by atoms with Crippen LogP contribution in [0, 0.1) is 17.5 Å². The van der Waals surface area contributed by atoms with Crippen molar-refractivity contribution >= 4 is 23.3 Å². The van der Waals surface area contributed by atoms with Crippen LogP contribution in [0.25, 0.3) is 0 Å². The zero-order valence-electron chi connectivity index (χ0n) is 10.5. The van der Waals surface area contributed by atoms with Crippen molar-refractivity contribution in [1.82, 2.24) is 0 Å². The first-order valence-electron chi connectivity index (χ1n) is 5.74. The van der Waals surface area contributed by atoms with E-state index in [1.165, 1.54) is 12.1 Å². The summed E-state index contributed by atoms with van der Waals surface area (Å²) in [6.45, 7) is -0.413. The van der Waals surface area contributed by atoms with Gasteiger partial charge in [0.2, 0.25) is 0 Å². The number of hydrogen-bond donors (Lipinski definition) is 1. The summed E-state index contributed by atoms with van der Waals surface area (Å²) in [7, 11) is 0. The highest BCUT2D eigenvalue weighted by molar-refractivity contribution is 6.30. The van der Waals surface area contributed by atoms with E-state index in [1.807, 2.05) is 0 Å². The third kappa shape index (κ3) is 3.46. The standard InChI is InChI=1S/C14H9ClF3NO2/c15-8-1-2-10(16)7(3-8)6-21-14(20)9-4-11(17)12(18)5-13(9)19/h1-5H,6,19H2. The van der Waals surface area contributed by atoms with Crippen molar-refractivity contribution in [2.45, 2.75) is 6.61 Å². The molecule has 2 aromatic rings. The quantitative estimate of drug-likeness (QED) is 0.694. The zero-order chi connectivity index (χ0) is 15.6. The van der Waals surface area contributed by atoms with Crippen molar-refractivity contribution in [1.29, 1.82) is 0 Å². The van der Waals surface area contributed by atoms with E-state index >= 15 is 0 Å². The molecule has 2 rings (SSSR count). The Labute approximate surface area is 123 Å². The summed E-state index contributed by atoms with van der Waals surface area (Å²) in [6.07, 6.45) is 0. The topological polar surface area (TPSA) is 52.3 Å². The minimum atomic E-state index is -1.23. The van der Waals surface area contributed by atoms with Crippen molar-refractivity contribution < 1.29 is 22.7 Å². The van der Waals surface area contributed by atoms with E-state index in [0.717, 1.165) is 6.07 Å². The first-order chi connectivity index (χ1) is 9.88. The van der Waals surface area contributed by atoms with Crippen LogP contribution in [0.2, 0.25) is 5.02 Å². The number of benzene rings is 2. The van der Waals surface area contributed by atoms with Gasteiger partial charge in [0.25, 0.3) is 0 Å². The Morgan fingerprint density at radius 2 is 1.76 bits per heavy atom. The fraction of sp³-hybridized carbons (Fsp3) is 0.0714. The molecule has 0 aliphatic carbocycles. The molecule has 2 N–H and O–H groups in total. The minimum absolute atomic E-state index is 0.0528. The smallest absolute Gasteiger partial charge is 0.340 e. The lowest BCUT2D eigenvalue weighted by Gasteiger charge is -2.08. The second-order valence-electron chi connectivity index (χ2n) is 4.17. The van der Waals surface area contributed by atoms with Crippen molar-refractivity contribution in [3.05, 3.63) is 63.9 Å². The average Bonchev–Trinajstić information content (AvgIpc) is 2.43. The fourth-order valence-electron chi connectivity index (χ4n) is 1.61. The van der Waals surface area contributed by atoms with Crippen LogP contribution in [-0.4, -0.2) is 5.97 Å². The number of nitrogens with two attached hydrogens (primary N) is 1. The maximum Gasteiger partial charge on any atom is 0.340 e. The Morgan fingerprint density at radius 1 is 1.10 bits per heavy atom. The number of carbonyl (C=O) groups is 1. The van der Waals surface area contributed by atoms with Crippen LogP contribution in [0.1, 0.15) is 15.9 Å². The molecular weight excluding hydrogens is 307 g/mol. The number of carbonyl (C=O) groups excluding carboxylic acids is 1. The second kappa shape index (κ2) is 6.05. The Hall–Kier alpha value is -2.21. The van der Waals surface area contributed by atoms with Crippen LogP contribution in [0.3, 0.4) is 0 Å². The molecule has 0 aliphatic rings. The van der Waals surface area contributed by atoms with Crippen LogP contribution in [0.5, 0.6) is 0 Å². The molecule has 0 unspecified atom stereocenters. The van der Waals surface area contributed by atoms with Crippen molar-refractivity contribution in [2.24, 2.45) is 0 Å². The molecule has 0 saturated heterocycles. The Bertz CT molecular complexity index is 707. The van der Waals surface area contributed by atoms with Gasteiger partial charge in [0, 0.05) is 22.3 Å². The summed E-state index contributed by atoms with van der Waals surface area (Å²) in [4.78, 5) is 11.8. The van der Waals surface area contributed by atoms with E-state index in [2.05, 4.69) is 0 Å². The molecule has 0 radical (unpaired) electrons. The third-order valence-corrected chi connectivity index (χ3v) is 2.91. The molecular formula is C14H9ClF3NO2. The maximum absolute atomic E-state index is 13.4. The highest BCUT2D eigenvalue weighted by Gasteiger charge is 2.16. The molecule has 2 aromatic carbocycles. The van der Waals surface area contributed by atoms with E-state index in [9.17, 15) is 18.0 Å². The lowest BCUT2D eigenvalue weighted by molar-refractivity contribution is 0.0469. The van der Waals surface area contributed by atoms with Gasteiger partial charge in [-0.05, 0) is 24.3 Å². The largest absolute Gasteiger partial charge is 0.457 e. The number of hydrogen-bond acceptors (Lipinski definition) is 3. The van der Waals surface area contributed by atoms with Gasteiger partial charge >= 0.3 is 5.97 Å². The summed E-state index contributed by atoms with van der Waals surface area (Å²) < 4.78 is 44.2. The van der Waals surface area contributed by atoms with Gasteiger partial charge in [-0.25, -0.2) is 18.0 Å². The molecule has 7 heteroatoms.